The summed E-state index contributed by atoms with van der Waals surface area (Å²) < 4.78 is 24.7. The van der Waals surface area contributed by atoms with Crippen LogP contribution < -0.4 is 0 Å². The molecule has 1 saturated heterocycles. The predicted molar refractivity (Wildman–Crippen MR) is 59.7 cm³/mol. The van der Waals surface area contributed by atoms with Crippen molar-refractivity contribution in [1.29, 1.82) is 0 Å². The molecule has 1 fully saturated rings. The van der Waals surface area contributed by atoms with E-state index in [0.29, 0.717) is 13.1 Å². The van der Waals surface area contributed by atoms with Gasteiger partial charge in [-0.15, -0.1) is 0 Å². The van der Waals surface area contributed by atoms with Crippen molar-refractivity contribution >= 4 is 16.0 Å². The minimum atomic E-state index is -3.64. The summed E-state index contributed by atoms with van der Waals surface area (Å²) in [4.78, 5) is 12.4. The van der Waals surface area contributed by atoms with Crippen molar-refractivity contribution in [2.75, 3.05) is 32.9 Å². The first kappa shape index (κ1) is 13.4. The van der Waals surface area contributed by atoms with Crippen molar-refractivity contribution in [1.82, 2.24) is 9.21 Å². The lowest BCUT2D eigenvalue weighted by atomic mass is 10.1. The number of aliphatic carboxylic acids is 1. The molecule has 0 radical (unpaired) electrons. The summed E-state index contributed by atoms with van der Waals surface area (Å²) in [5.74, 6) is -2.11. The lowest BCUT2D eigenvalue weighted by Gasteiger charge is -2.35. The number of carboxylic acids is 1. The molecular weight excluding hydrogens is 232 g/mol. The van der Waals surface area contributed by atoms with Crippen molar-refractivity contribution in [3.63, 3.8) is 0 Å². The van der Waals surface area contributed by atoms with Gasteiger partial charge in [0.2, 0.25) is 10.0 Å². The first-order valence-electron chi connectivity index (χ1n) is 5.19. The van der Waals surface area contributed by atoms with E-state index in [1.54, 1.807) is 0 Å². The molecule has 1 heterocycles. The smallest absolute Gasteiger partial charge is 0.320 e. The Bertz CT molecular complexity index is 353. The summed E-state index contributed by atoms with van der Waals surface area (Å²) >= 11 is 0. The van der Waals surface area contributed by atoms with Gasteiger partial charge in [-0.1, -0.05) is 0 Å². The Morgan fingerprint density at radius 1 is 1.50 bits per heavy atom. The summed E-state index contributed by atoms with van der Waals surface area (Å²) in [6, 6.07) is 0.178. The molecular formula is C9H18N2O4S. The van der Waals surface area contributed by atoms with Crippen molar-refractivity contribution in [3.8, 4) is 0 Å². The number of piperidine rings is 1. The van der Waals surface area contributed by atoms with Gasteiger partial charge in [0.1, 0.15) is 0 Å². The second-order valence-electron chi connectivity index (χ2n) is 4.27. The highest BCUT2D eigenvalue weighted by Gasteiger charge is 2.31. The maximum Gasteiger partial charge on any atom is 0.320 e. The highest BCUT2D eigenvalue weighted by atomic mass is 32.2. The molecule has 1 aliphatic rings. The molecule has 0 aromatic heterocycles. The largest absolute Gasteiger partial charge is 0.480 e. The van der Waals surface area contributed by atoms with Crippen LogP contribution in [-0.2, 0) is 14.8 Å². The van der Waals surface area contributed by atoms with Crippen LogP contribution in [-0.4, -0.2) is 67.7 Å². The second-order valence-corrected chi connectivity index (χ2v) is 6.24. The van der Waals surface area contributed by atoms with E-state index in [4.69, 9.17) is 5.11 Å². The van der Waals surface area contributed by atoms with E-state index in [1.807, 2.05) is 19.0 Å². The molecule has 0 amide bonds. The van der Waals surface area contributed by atoms with Gasteiger partial charge in [0.05, 0.1) is 0 Å². The normalized spacial score (nSPS) is 23.6. The quantitative estimate of drug-likeness (QED) is 0.722. The SMILES string of the molecule is CN(C)C1CCCN(S(=O)(=O)CC(=O)O)C1. The molecule has 1 aliphatic heterocycles. The number of carboxylic acid groups (broad SMARTS) is 1. The number of hydrogen-bond acceptors (Lipinski definition) is 4. The molecule has 0 bridgehead atoms. The molecule has 0 saturated carbocycles. The molecule has 0 aromatic carbocycles. The lowest BCUT2D eigenvalue weighted by Crippen LogP contribution is -2.48. The molecule has 1 atom stereocenters. The highest BCUT2D eigenvalue weighted by molar-refractivity contribution is 7.89. The number of likely N-dealkylation sites (N-methyl/N-ethyl adjacent to an activating group) is 1. The fourth-order valence-electron chi connectivity index (χ4n) is 1.84. The Labute approximate surface area is 95.9 Å². The fraction of sp³-hybridized carbons (Fsp3) is 0.889. The molecule has 0 spiro atoms. The van der Waals surface area contributed by atoms with Gasteiger partial charge >= 0.3 is 5.97 Å². The van der Waals surface area contributed by atoms with Gasteiger partial charge in [0.15, 0.2) is 5.75 Å². The first-order chi connectivity index (χ1) is 7.33. The zero-order valence-corrected chi connectivity index (χ0v) is 10.4. The standard InChI is InChI=1S/C9H18N2O4S/c1-10(2)8-4-3-5-11(6-8)16(14,15)7-9(12)13/h8H,3-7H2,1-2H3,(H,12,13). The van der Waals surface area contributed by atoms with Crippen LogP contribution in [0.15, 0.2) is 0 Å². The fourth-order valence-corrected chi connectivity index (χ4v) is 3.14. The van der Waals surface area contributed by atoms with E-state index in [1.165, 1.54) is 4.31 Å². The summed E-state index contributed by atoms with van der Waals surface area (Å²) in [7, 11) is 0.160. The average Bonchev–Trinajstić information content (AvgIpc) is 2.16. The Morgan fingerprint density at radius 3 is 2.62 bits per heavy atom. The Morgan fingerprint density at radius 2 is 2.12 bits per heavy atom. The first-order valence-corrected chi connectivity index (χ1v) is 6.80. The zero-order valence-electron chi connectivity index (χ0n) is 9.59. The van der Waals surface area contributed by atoms with Gasteiger partial charge in [-0.3, -0.25) is 4.79 Å². The maximum absolute atomic E-state index is 11.7. The summed E-state index contributed by atoms with van der Waals surface area (Å²) in [5, 5.41) is 8.54. The van der Waals surface area contributed by atoms with Gasteiger partial charge in [-0.25, -0.2) is 8.42 Å². The highest BCUT2D eigenvalue weighted by Crippen LogP contribution is 2.17. The Hall–Kier alpha value is -0.660. The van der Waals surface area contributed by atoms with Gasteiger partial charge in [0, 0.05) is 19.1 Å². The van der Waals surface area contributed by atoms with Gasteiger partial charge in [-0.2, -0.15) is 4.31 Å². The summed E-state index contributed by atoms with van der Waals surface area (Å²) in [5.41, 5.74) is 0. The third-order valence-electron chi connectivity index (χ3n) is 2.79. The van der Waals surface area contributed by atoms with Crippen LogP contribution in [0.2, 0.25) is 0 Å². The Balaban J connectivity index is 2.70. The van der Waals surface area contributed by atoms with E-state index in [9.17, 15) is 13.2 Å². The number of hydrogen-bond donors (Lipinski definition) is 1. The molecule has 94 valence electrons. The van der Waals surface area contributed by atoms with E-state index in [0.717, 1.165) is 12.8 Å². The molecule has 0 aliphatic carbocycles. The van der Waals surface area contributed by atoms with E-state index < -0.39 is 21.7 Å². The molecule has 16 heavy (non-hydrogen) atoms. The third kappa shape index (κ3) is 3.43. The topological polar surface area (TPSA) is 77.9 Å². The zero-order chi connectivity index (χ0) is 12.3. The molecule has 1 rings (SSSR count). The van der Waals surface area contributed by atoms with Crippen LogP contribution in [0.3, 0.4) is 0 Å². The van der Waals surface area contributed by atoms with E-state index in [-0.39, 0.29) is 6.04 Å². The molecule has 1 unspecified atom stereocenters. The van der Waals surface area contributed by atoms with Gasteiger partial charge in [0.25, 0.3) is 0 Å². The number of nitrogens with zero attached hydrogens (tertiary/aromatic N) is 2. The predicted octanol–water partition coefficient (Wildman–Crippen LogP) is -0.573. The molecule has 7 heteroatoms. The number of carbonyl (C=O) groups is 1. The monoisotopic (exact) mass is 250 g/mol. The minimum Gasteiger partial charge on any atom is -0.480 e. The van der Waals surface area contributed by atoms with Crippen LogP contribution in [0.1, 0.15) is 12.8 Å². The second kappa shape index (κ2) is 5.11. The number of sulfonamides is 1. The van der Waals surface area contributed by atoms with Crippen molar-refractivity contribution < 1.29 is 18.3 Å². The third-order valence-corrected chi connectivity index (χ3v) is 4.52. The van der Waals surface area contributed by atoms with Crippen LogP contribution in [0.4, 0.5) is 0 Å². The maximum atomic E-state index is 11.7. The summed E-state index contributed by atoms with van der Waals surface area (Å²) in [6.45, 7) is 0.822. The Kier molecular flexibility index (Phi) is 4.28. The van der Waals surface area contributed by atoms with E-state index >= 15 is 0 Å². The van der Waals surface area contributed by atoms with E-state index in [2.05, 4.69) is 0 Å². The minimum absolute atomic E-state index is 0.178. The van der Waals surface area contributed by atoms with Crippen molar-refractivity contribution in [2.24, 2.45) is 0 Å². The molecule has 1 N–H and O–H groups in total. The van der Waals surface area contributed by atoms with Crippen molar-refractivity contribution in [3.05, 3.63) is 0 Å². The van der Waals surface area contributed by atoms with Crippen LogP contribution in [0.25, 0.3) is 0 Å². The lowest BCUT2D eigenvalue weighted by molar-refractivity contribution is -0.134. The molecule has 0 aromatic rings. The van der Waals surface area contributed by atoms with Crippen LogP contribution in [0.5, 0.6) is 0 Å². The van der Waals surface area contributed by atoms with Crippen molar-refractivity contribution in [2.45, 2.75) is 18.9 Å². The van der Waals surface area contributed by atoms with Gasteiger partial charge < -0.3 is 10.0 Å². The van der Waals surface area contributed by atoms with Gasteiger partial charge in [-0.05, 0) is 26.9 Å². The average molecular weight is 250 g/mol. The van der Waals surface area contributed by atoms with Crippen LogP contribution in [0, 0.1) is 0 Å². The number of rotatable bonds is 4. The molecule has 6 nitrogen and oxygen atoms in total. The van der Waals surface area contributed by atoms with Crippen LogP contribution >= 0.6 is 0 Å². The summed E-state index contributed by atoms with van der Waals surface area (Å²) in [6.07, 6.45) is 1.73.